The molecule has 0 spiro atoms. The predicted molar refractivity (Wildman–Crippen MR) is 168 cm³/mol. The molecule has 4 bridgehead atoms. The largest absolute Gasteiger partial charge is 0.349 e. The lowest BCUT2D eigenvalue weighted by Gasteiger charge is -2.22. The Morgan fingerprint density at radius 2 is 0.659 bits per heavy atom. The van der Waals surface area contributed by atoms with Crippen LogP contribution < -0.4 is 21.3 Å². The molecule has 4 N–H and O–H groups in total. The molecular formula is C30H46N10O4. The van der Waals surface area contributed by atoms with Gasteiger partial charge in [-0.2, -0.15) is 0 Å². The first-order chi connectivity index (χ1) is 21.1. The van der Waals surface area contributed by atoms with Crippen molar-refractivity contribution in [2.45, 2.75) is 0 Å². The summed E-state index contributed by atoms with van der Waals surface area (Å²) in [6.45, 7) is 7.30. The summed E-state index contributed by atoms with van der Waals surface area (Å²) in [5.74, 6) is -1.32. The number of carbonyl (C=O) groups is 4. The summed E-state index contributed by atoms with van der Waals surface area (Å²) in [5, 5.41) is 11.5. The lowest BCUT2D eigenvalue weighted by Crippen LogP contribution is -2.40. The van der Waals surface area contributed by atoms with Crippen molar-refractivity contribution < 1.29 is 19.2 Å². The maximum Gasteiger partial charge on any atom is 0.269 e. The molecule has 14 nitrogen and oxygen atoms in total. The third-order valence-electron chi connectivity index (χ3n) is 7.27. The van der Waals surface area contributed by atoms with Gasteiger partial charge in [0, 0.05) is 78.5 Å². The number of likely N-dealkylation sites (N-methyl/N-ethyl adjacent to an activating group) is 4. The van der Waals surface area contributed by atoms with E-state index in [1.165, 1.54) is 0 Å². The average molecular weight is 611 g/mol. The Morgan fingerprint density at radius 1 is 0.432 bits per heavy atom. The highest BCUT2D eigenvalue weighted by Crippen LogP contribution is 2.02. The third-order valence-corrected chi connectivity index (χ3v) is 7.27. The molecule has 2 aromatic rings. The van der Waals surface area contributed by atoms with Crippen LogP contribution in [0.5, 0.6) is 0 Å². The monoisotopic (exact) mass is 610 g/mol. The maximum atomic E-state index is 12.7. The number of nitrogens with one attached hydrogen (secondary N) is 4. The Hall–Kier alpha value is -3.98. The van der Waals surface area contributed by atoms with Crippen molar-refractivity contribution in [1.29, 1.82) is 0 Å². The first kappa shape index (κ1) is 34.5. The van der Waals surface area contributed by atoms with Crippen LogP contribution in [0.3, 0.4) is 0 Å². The highest BCUT2D eigenvalue weighted by Gasteiger charge is 2.15. The van der Waals surface area contributed by atoms with E-state index < -0.39 is 0 Å². The highest BCUT2D eigenvalue weighted by atomic mass is 16.2. The number of amides is 4. The van der Waals surface area contributed by atoms with Gasteiger partial charge in [-0.1, -0.05) is 12.1 Å². The summed E-state index contributed by atoms with van der Waals surface area (Å²) in [5.41, 5.74) is 0.778. The van der Waals surface area contributed by atoms with E-state index in [2.05, 4.69) is 50.8 Å². The molecule has 0 saturated carbocycles. The molecule has 0 saturated heterocycles. The lowest BCUT2D eigenvalue weighted by atomic mass is 10.2. The number of pyridine rings is 2. The van der Waals surface area contributed by atoms with Crippen molar-refractivity contribution in [3.05, 3.63) is 59.2 Å². The molecule has 0 fully saturated rings. The Kier molecular flexibility index (Phi) is 14.1. The van der Waals surface area contributed by atoms with Crippen molar-refractivity contribution >= 4 is 23.6 Å². The van der Waals surface area contributed by atoms with Gasteiger partial charge in [0.15, 0.2) is 0 Å². The number of hydrogen-bond acceptors (Lipinski definition) is 10. The number of hydrogen-bond donors (Lipinski definition) is 4. The molecule has 1 aliphatic heterocycles. The standard InChI is InChI=1S/C30H46N10O4/c1-37-15-11-31-27(41)23-7-5-8-24(35-23)29(43)33-13-17-39(3)21-22-40(4)18-14-34-30(44)26-10-6-9-25(36-26)28(42)32-12-16-38(2)20-19-37/h5-10H,11-22H2,1-4H3,(H,31,41)(H,32,42)(H,33,43)(H,34,44). The van der Waals surface area contributed by atoms with E-state index in [-0.39, 0.29) is 46.4 Å². The van der Waals surface area contributed by atoms with Crippen LogP contribution in [0.2, 0.25) is 0 Å². The molecular weight excluding hydrogens is 564 g/mol. The van der Waals surface area contributed by atoms with E-state index in [1.807, 2.05) is 28.2 Å². The predicted octanol–water partition coefficient (Wildman–Crippen LogP) is -1.16. The van der Waals surface area contributed by atoms with E-state index in [0.717, 1.165) is 26.2 Å². The number of nitrogens with zero attached hydrogens (tertiary/aromatic N) is 6. The van der Waals surface area contributed by atoms with Crippen LogP contribution in [0.25, 0.3) is 0 Å². The van der Waals surface area contributed by atoms with Gasteiger partial charge in [0.1, 0.15) is 22.8 Å². The molecule has 0 unspecified atom stereocenters. The summed E-state index contributed by atoms with van der Waals surface area (Å²) in [4.78, 5) is 67.5. The van der Waals surface area contributed by atoms with E-state index in [4.69, 9.17) is 0 Å². The normalized spacial score (nSPS) is 19.7. The van der Waals surface area contributed by atoms with E-state index in [9.17, 15) is 19.2 Å². The quantitative estimate of drug-likeness (QED) is 0.287. The van der Waals surface area contributed by atoms with Crippen LogP contribution in [-0.4, -0.2) is 160 Å². The Balaban J connectivity index is 1.60. The highest BCUT2D eigenvalue weighted by molar-refractivity contribution is 5.97. The van der Waals surface area contributed by atoms with Gasteiger partial charge in [0.05, 0.1) is 0 Å². The second-order valence-corrected chi connectivity index (χ2v) is 11.1. The van der Waals surface area contributed by atoms with Gasteiger partial charge in [-0.3, -0.25) is 19.2 Å². The van der Waals surface area contributed by atoms with Crippen molar-refractivity contribution in [1.82, 2.24) is 50.8 Å². The van der Waals surface area contributed by atoms with Crippen LogP contribution in [-0.2, 0) is 0 Å². The topological polar surface area (TPSA) is 155 Å². The molecule has 44 heavy (non-hydrogen) atoms. The lowest BCUT2D eigenvalue weighted by molar-refractivity contribution is 0.0921. The number of aromatic nitrogens is 2. The van der Waals surface area contributed by atoms with Crippen LogP contribution in [0, 0.1) is 0 Å². The van der Waals surface area contributed by atoms with Gasteiger partial charge in [-0.25, -0.2) is 9.97 Å². The maximum absolute atomic E-state index is 12.7. The summed E-state index contributed by atoms with van der Waals surface area (Å²) >= 11 is 0. The van der Waals surface area contributed by atoms with E-state index in [1.54, 1.807) is 36.4 Å². The summed E-state index contributed by atoms with van der Waals surface area (Å²) in [7, 11) is 7.88. The van der Waals surface area contributed by atoms with Gasteiger partial charge >= 0.3 is 0 Å². The molecule has 14 heteroatoms. The smallest absolute Gasteiger partial charge is 0.269 e. The van der Waals surface area contributed by atoms with Crippen molar-refractivity contribution in [2.24, 2.45) is 0 Å². The number of rotatable bonds is 0. The molecule has 3 heterocycles. The van der Waals surface area contributed by atoms with Gasteiger partial charge in [-0.05, 0) is 52.5 Å². The zero-order valence-electron chi connectivity index (χ0n) is 26.3. The molecule has 4 amide bonds. The number of fused-ring (bicyclic) bond motifs is 4. The molecule has 2 aromatic heterocycles. The van der Waals surface area contributed by atoms with Gasteiger partial charge in [0.2, 0.25) is 0 Å². The van der Waals surface area contributed by atoms with Crippen LogP contribution >= 0.6 is 0 Å². The molecule has 240 valence electrons. The molecule has 0 aliphatic carbocycles. The first-order valence-corrected chi connectivity index (χ1v) is 14.9. The Morgan fingerprint density at radius 3 is 0.886 bits per heavy atom. The fourth-order valence-electron chi connectivity index (χ4n) is 4.31. The van der Waals surface area contributed by atoms with Gasteiger partial charge in [-0.15, -0.1) is 0 Å². The van der Waals surface area contributed by atoms with Crippen molar-refractivity contribution in [3.63, 3.8) is 0 Å². The fourth-order valence-corrected chi connectivity index (χ4v) is 4.31. The molecule has 3 rings (SSSR count). The average Bonchev–Trinajstić information content (AvgIpc) is 3.02. The second kappa shape index (κ2) is 18.0. The summed E-state index contributed by atoms with van der Waals surface area (Å²) in [6.07, 6.45) is 0. The minimum absolute atomic E-state index is 0.194. The molecule has 0 aromatic carbocycles. The minimum Gasteiger partial charge on any atom is -0.349 e. The van der Waals surface area contributed by atoms with Gasteiger partial charge in [0.25, 0.3) is 23.6 Å². The van der Waals surface area contributed by atoms with E-state index >= 15 is 0 Å². The minimum atomic E-state index is -0.330. The summed E-state index contributed by atoms with van der Waals surface area (Å²) < 4.78 is 0. The van der Waals surface area contributed by atoms with Crippen molar-refractivity contribution in [3.8, 4) is 0 Å². The molecule has 1 aliphatic rings. The first-order valence-electron chi connectivity index (χ1n) is 14.9. The van der Waals surface area contributed by atoms with Gasteiger partial charge < -0.3 is 40.9 Å². The van der Waals surface area contributed by atoms with Crippen molar-refractivity contribution in [2.75, 3.05) is 107 Å². The zero-order chi connectivity index (χ0) is 31.9. The van der Waals surface area contributed by atoms with E-state index in [0.29, 0.717) is 52.4 Å². The third kappa shape index (κ3) is 12.0. The Bertz CT molecular complexity index is 1080. The second-order valence-electron chi connectivity index (χ2n) is 11.1. The fraction of sp³-hybridized carbons (Fsp3) is 0.533. The van der Waals surface area contributed by atoms with Crippen LogP contribution in [0.1, 0.15) is 42.0 Å². The van der Waals surface area contributed by atoms with Crippen LogP contribution in [0.15, 0.2) is 36.4 Å². The Labute approximate surface area is 259 Å². The zero-order valence-corrected chi connectivity index (χ0v) is 26.3. The summed E-state index contributed by atoms with van der Waals surface area (Å²) in [6, 6.07) is 9.68. The number of carbonyl (C=O) groups excluding carboxylic acids is 4. The SMILES string of the molecule is CN1CCNC(=O)c2cccc(n2)C(=O)NCCN(C)CCN(C)CCNC(=O)c2cccc(n2)C(=O)NCCN(C)CC1. The van der Waals surface area contributed by atoms with Crippen LogP contribution in [0.4, 0.5) is 0 Å². The molecule has 0 radical (unpaired) electrons. The molecule has 0 atom stereocenters.